The van der Waals surface area contributed by atoms with Crippen LogP contribution in [0.4, 0.5) is 0 Å². The third kappa shape index (κ3) is 6.53. The monoisotopic (exact) mass is 261 g/mol. The van der Waals surface area contributed by atoms with Crippen LogP contribution < -0.4 is 5.73 Å². The molecule has 0 radical (unpaired) electrons. The molecule has 2 heteroatoms. The van der Waals surface area contributed by atoms with Crippen LogP contribution in [0.2, 0.25) is 0 Å². The van der Waals surface area contributed by atoms with Crippen LogP contribution in [0.5, 0.6) is 0 Å². The number of carbonyl (C=O) groups excluding carboxylic acids is 1. The molecule has 1 aromatic rings. The second-order valence-electron chi connectivity index (χ2n) is 5.56. The van der Waals surface area contributed by atoms with Gasteiger partial charge in [-0.25, -0.2) is 0 Å². The van der Waals surface area contributed by atoms with E-state index in [0.29, 0.717) is 24.5 Å². The number of carbonyl (C=O) groups is 1. The van der Waals surface area contributed by atoms with Crippen LogP contribution in [0, 0.1) is 0 Å². The quantitative estimate of drug-likeness (QED) is 0.686. The molecule has 106 valence electrons. The molecule has 0 bridgehead atoms. The van der Waals surface area contributed by atoms with Crippen molar-refractivity contribution >= 4 is 5.78 Å². The van der Waals surface area contributed by atoms with Crippen LogP contribution in [0.3, 0.4) is 0 Å². The molecule has 0 aliphatic carbocycles. The molecule has 2 N–H and O–H groups in total. The van der Waals surface area contributed by atoms with Crippen LogP contribution in [0.1, 0.15) is 63.0 Å². The van der Waals surface area contributed by atoms with Gasteiger partial charge in [-0.15, -0.1) is 0 Å². The molecule has 19 heavy (non-hydrogen) atoms. The lowest BCUT2D eigenvalue weighted by atomic mass is 9.99. The largest absolute Gasteiger partial charge is 0.330 e. The Hall–Kier alpha value is -1.15. The second-order valence-corrected chi connectivity index (χ2v) is 5.56. The molecule has 0 atom stereocenters. The zero-order valence-electron chi connectivity index (χ0n) is 12.3. The summed E-state index contributed by atoms with van der Waals surface area (Å²) in [6, 6.07) is 8.44. The third-order valence-corrected chi connectivity index (χ3v) is 3.46. The van der Waals surface area contributed by atoms with Gasteiger partial charge in [-0.1, -0.05) is 51.0 Å². The Labute approximate surface area is 117 Å². The predicted octanol–water partition coefficient (Wildman–Crippen LogP) is 3.83. The van der Waals surface area contributed by atoms with Gasteiger partial charge in [-0.3, -0.25) is 4.79 Å². The van der Waals surface area contributed by atoms with Crippen molar-refractivity contribution in [3.05, 3.63) is 35.4 Å². The van der Waals surface area contributed by atoms with E-state index in [2.05, 4.69) is 38.1 Å². The number of hydrogen-bond acceptors (Lipinski definition) is 2. The van der Waals surface area contributed by atoms with E-state index in [-0.39, 0.29) is 0 Å². The molecule has 0 aromatic heterocycles. The average Bonchev–Trinajstić information content (AvgIpc) is 2.39. The summed E-state index contributed by atoms with van der Waals surface area (Å²) in [4.78, 5) is 11.8. The topological polar surface area (TPSA) is 43.1 Å². The van der Waals surface area contributed by atoms with Gasteiger partial charge in [-0.05, 0) is 36.4 Å². The Bertz CT molecular complexity index is 367. The highest BCUT2D eigenvalue weighted by atomic mass is 16.1. The van der Waals surface area contributed by atoms with Gasteiger partial charge in [-0.2, -0.15) is 0 Å². The van der Waals surface area contributed by atoms with E-state index < -0.39 is 0 Å². The Kier molecular flexibility index (Phi) is 7.42. The van der Waals surface area contributed by atoms with Crippen molar-refractivity contribution in [2.24, 2.45) is 5.73 Å². The summed E-state index contributed by atoms with van der Waals surface area (Å²) >= 11 is 0. The lowest BCUT2D eigenvalue weighted by Crippen LogP contribution is -2.03. The van der Waals surface area contributed by atoms with Crippen molar-refractivity contribution in [1.82, 2.24) is 0 Å². The molecule has 0 spiro atoms. The molecular weight excluding hydrogens is 234 g/mol. The first kappa shape index (κ1) is 15.9. The fraction of sp³-hybridized carbons (Fsp3) is 0.588. The lowest BCUT2D eigenvalue weighted by molar-refractivity contribution is -0.118. The van der Waals surface area contributed by atoms with E-state index in [1.54, 1.807) is 0 Å². The van der Waals surface area contributed by atoms with Gasteiger partial charge in [0.2, 0.25) is 0 Å². The van der Waals surface area contributed by atoms with Gasteiger partial charge in [0.15, 0.2) is 0 Å². The Morgan fingerprint density at radius 1 is 1.05 bits per heavy atom. The van der Waals surface area contributed by atoms with Crippen molar-refractivity contribution in [2.75, 3.05) is 6.54 Å². The molecule has 0 heterocycles. The van der Waals surface area contributed by atoms with E-state index >= 15 is 0 Å². The highest BCUT2D eigenvalue weighted by molar-refractivity contribution is 5.80. The Morgan fingerprint density at radius 3 is 2.26 bits per heavy atom. The summed E-state index contributed by atoms with van der Waals surface area (Å²) in [7, 11) is 0. The summed E-state index contributed by atoms with van der Waals surface area (Å²) in [5.41, 5.74) is 7.91. The smallest absolute Gasteiger partial charge is 0.137 e. The lowest BCUT2D eigenvalue weighted by Gasteiger charge is -2.06. The van der Waals surface area contributed by atoms with E-state index in [4.69, 9.17) is 5.73 Å². The van der Waals surface area contributed by atoms with Gasteiger partial charge < -0.3 is 5.73 Å². The number of Topliss-reactive ketones (excluding diaryl/α,β-unsaturated/α-hetero) is 1. The molecule has 0 aliphatic heterocycles. The Balaban J connectivity index is 2.28. The fourth-order valence-corrected chi connectivity index (χ4v) is 2.16. The number of benzene rings is 1. The minimum absolute atomic E-state index is 0.352. The van der Waals surface area contributed by atoms with Crippen LogP contribution in [-0.4, -0.2) is 12.3 Å². The van der Waals surface area contributed by atoms with Crippen molar-refractivity contribution in [3.8, 4) is 0 Å². The molecule has 0 saturated carbocycles. The SMILES string of the molecule is CC(C)c1ccc(CC(=O)CCCCCCN)cc1. The van der Waals surface area contributed by atoms with E-state index in [0.717, 1.165) is 37.8 Å². The molecular formula is C17H27NO. The van der Waals surface area contributed by atoms with Crippen LogP contribution in [0.25, 0.3) is 0 Å². The Morgan fingerprint density at radius 2 is 1.68 bits per heavy atom. The third-order valence-electron chi connectivity index (χ3n) is 3.46. The highest BCUT2D eigenvalue weighted by Gasteiger charge is 2.04. The number of hydrogen-bond donors (Lipinski definition) is 1. The van der Waals surface area contributed by atoms with Gasteiger partial charge in [0.1, 0.15) is 5.78 Å². The van der Waals surface area contributed by atoms with Gasteiger partial charge in [0.25, 0.3) is 0 Å². The van der Waals surface area contributed by atoms with Crippen molar-refractivity contribution in [3.63, 3.8) is 0 Å². The second kappa shape index (κ2) is 8.87. The number of ketones is 1. The predicted molar refractivity (Wildman–Crippen MR) is 81.4 cm³/mol. The first-order valence-corrected chi connectivity index (χ1v) is 7.44. The molecule has 0 amide bonds. The normalized spacial score (nSPS) is 10.9. The zero-order valence-corrected chi connectivity index (χ0v) is 12.3. The summed E-state index contributed by atoms with van der Waals surface area (Å²) in [6.07, 6.45) is 5.63. The summed E-state index contributed by atoms with van der Waals surface area (Å²) < 4.78 is 0. The minimum atomic E-state index is 0.352. The maximum Gasteiger partial charge on any atom is 0.137 e. The first-order chi connectivity index (χ1) is 9.13. The molecule has 0 aliphatic rings. The minimum Gasteiger partial charge on any atom is -0.330 e. The summed E-state index contributed by atoms with van der Waals surface area (Å²) in [5, 5.41) is 0. The molecule has 1 rings (SSSR count). The maximum absolute atomic E-state index is 11.8. The zero-order chi connectivity index (χ0) is 14.1. The summed E-state index contributed by atoms with van der Waals surface area (Å²) in [5.74, 6) is 0.900. The van der Waals surface area contributed by atoms with Gasteiger partial charge >= 0.3 is 0 Å². The molecule has 1 aromatic carbocycles. The van der Waals surface area contributed by atoms with E-state index in [9.17, 15) is 4.79 Å². The van der Waals surface area contributed by atoms with Crippen LogP contribution in [-0.2, 0) is 11.2 Å². The molecule has 2 nitrogen and oxygen atoms in total. The molecule has 0 saturated heterocycles. The van der Waals surface area contributed by atoms with Gasteiger partial charge in [0.05, 0.1) is 0 Å². The van der Waals surface area contributed by atoms with E-state index in [1.165, 1.54) is 5.56 Å². The standard InChI is InChI=1S/C17H27NO/c1-14(2)16-10-8-15(9-11-16)13-17(19)7-5-3-4-6-12-18/h8-11,14H,3-7,12-13,18H2,1-2H3. The maximum atomic E-state index is 11.8. The number of rotatable bonds is 9. The number of unbranched alkanes of at least 4 members (excludes halogenated alkanes) is 3. The first-order valence-electron chi connectivity index (χ1n) is 7.44. The fourth-order valence-electron chi connectivity index (χ4n) is 2.16. The van der Waals surface area contributed by atoms with Crippen molar-refractivity contribution in [2.45, 2.75) is 58.3 Å². The van der Waals surface area contributed by atoms with Crippen molar-refractivity contribution < 1.29 is 4.79 Å². The summed E-state index contributed by atoms with van der Waals surface area (Å²) in [6.45, 7) is 5.12. The van der Waals surface area contributed by atoms with Crippen molar-refractivity contribution in [1.29, 1.82) is 0 Å². The molecule has 0 unspecified atom stereocenters. The van der Waals surface area contributed by atoms with Crippen LogP contribution in [0.15, 0.2) is 24.3 Å². The molecule has 0 fully saturated rings. The highest BCUT2D eigenvalue weighted by Crippen LogP contribution is 2.15. The number of nitrogens with two attached hydrogens (primary N) is 1. The van der Waals surface area contributed by atoms with Crippen LogP contribution >= 0.6 is 0 Å². The average molecular weight is 261 g/mol. The van der Waals surface area contributed by atoms with E-state index in [1.807, 2.05) is 0 Å². The van der Waals surface area contributed by atoms with Gasteiger partial charge in [0, 0.05) is 12.8 Å².